The van der Waals surface area contributed by atoms with E-state index in [4.69, 9.17) is 22.6 Å². The first-order chi connectivity index (χ1) is 10.1. The van der Waals surface area contributed by atoms with E-state index >= 15 is 0 Å². The van der Waals surface area contributed by atoms with Gasteiger partial charge >= 0.3 is 0 Å². The lowest BCUT2D eigenvalue weighted by Crippen LogP contribution is -2.12. The van der Waals surface area contributed by atoms with E-state index in [2.05, 4.69) is 11.1 Å². The van der Waals surface area contributed by atoms with Crippen LogP contribution < -0.4 is 5.73 Å². The molecule has 0 unspecified atom stereocenters. The van der Waals surface area contributed by atoms with Crippen molar-refractivity contribution in [3.8, 4) is 17.2 Å². The van der Waals surface area contributed by atoms with E-state index in [0.29, 0.717) is 21.8 Å². The summed E-state index contributed by atoms with van der Waals surface area (Å²) in [5.74, 6) is -0.540. The number of fused-ring (bicyclic) bond motifs is 1. The Bertz CT molecular complexity index is 888. The number of carbonyl (C=O) groups is 1. The highest BCUT2D eigenvalue weighted by Gasteiger charge is 2.17. The molecule has 5 heteroatoms. The van der Waals surface area contributed by atoms with Crippen molar-refractivity contribution in [2.75, 3.05) is 0 Å². The Hall–Kier alpha value is -2.77. The third-order valence-corrected chi connectivity index (χ3v) is 3.54. The summed E-state index contributed by atoms with van der Waals surface area (Å²) in [5.41, 5.74) is 8.62. The van der Waals surface area contributed by atoms with E-state index in [1.54, 1.807) is 42.5 Å². The molecule has 0 aliphatic carbocycles. The molecule has 0 spiro atoms. The summed E-state index contributed by atoms with van der Waals surface area (Å²) in [6.07, 6.45) is 0. The third kappa shape index (κ3) is 2.24. The van der Waals surface area contributed by atoms with Gasteiger partial charge in [0.1, 0.15) is 5.69 Å². The highest BCUT2D eigenvalue weighted by Crippen LogP contribution is 2.34. The highest BCUT2D eigenvalue weighted by molar-refractivity contribution is 6.31. The Morgan fingerprint density at radius 2 is 1.90 bits per heavy atom. The number of nitrogens with one attached hydrogen (secondary N) is 1. The number of primary amides is 1. The number of nitrogens with zero attached hydrogens (tertiary/aromatic N) is 1. The van der Waals surface area contributed by atoms with Gasteiger partial charge in [0, 0.05) is 21.5 Å². The zero-order valence-electron chi connectivity index (χ0n) is 10.9. The molecule has 21 heavy (non-hydrogen) atoms. The maximum atomic E-state index is 11.7. The molecule has 1 aromatic heterocycles. The second kappa shape index (κ2) is 4.97. The second-order valence-electron chi connectivity index (χ2n) is 4.62. The van der Waals surface area contributed by atoms with Crippen LogP contribution >= 0.6 is 11.6 Å². The van der Waals surface area contributed by atoms with Gasteiger partial charge in [-0.1, -0.05) is 23.7 Å². The molecule has 0 saturated carbocycles. The Balaban J connectivity index is 2.32. The van der Waals surface area contributed by atoms with Crippen molar-refractivity contribution in [2.45, 2.75) is 0 Å². The van der Waals surface area contributed by atoms with Crippen molar-refractivity contribution in [3.63, 3.8) is 0 Å². The number of benzene rings is 2. The van der Waals surface area contributed by atoms with E-state index in [-0.39, 0.29) is 0 Å². The number of nitrogens with two attached hydrogens (primary N) is 1. The van der Waals surface area contributed by atoms with Gasteiger partial charge in [-0.25, -0.2) is 0 Å². The summed E-state index contributed by atoms with van der Waals surface area (Å²) in [6.45, 7) is 0. The number of aromatic amines is 1. The lowest BCUT2D eigenvalue weighted by molar-refractivity contribution is 0.0997. The zero-order chi connectivity index (χ0) is 15.0. The first-order valence-electron chi connectivity index (χ1n) is 6.21. The van der Waals surface area contributed by atoms with Crippen LogP contribution in [0.25, 0.3) is 22.0 Å². The zero-order valence-corrected chi connectivity index (χ0v) is 11.6. The van der Waals surface area contributed by atoms with Crippen LogP contribution in [0.5, 0.6) is 0 Å². The van der Waals surface area contributed by atoms with Crippen molar-refractivity contribution in [2.24, 2.45) is 5.73 Å². The van der Waals surface area contributed by atoms with Gasteiger partial charge in [0.05, 0.1) is 11.6 Å². The van der Waals surface area contributed by atoms with Crippen LogP contribution in [0.2, 0.25) is 5.02 Å². The lowest BCUT2D eigenvalue weighted by atomic mass is 10.0. The summed E-state index contributed by atoms with van der Waals surface area (Å²) < 4.78 is 0. The SMILES string of the molecule is N#Cc1ccc(-c2c(C(N)=O)[nH]c3ccc(Cl)cc23)cc1. The van der Waals surface area contributed by atoms with Crippen LogP contribution in [0.3, 0.4) is 0 Å². The van der Waals surface area contributed by atoms with Crippen molar-refractivity contribution in [3.05, 3.63) is 58.7 Å². The molecule has 4 nitrogen and oxygen atoms in total. The molecule has 3 N–H and O–H groups in total. The fourth-order valence-electron chi connectivity index (χ4n) is 2.36. The molecule has 0 atom stereocenters. The minimum atomic E-state index is -0.540. The van der Waals surface area contributed by atoms with Gasteiger partial charge in [-0.15, -0.1) is 0 Å². The van der Waals surface area contributed by atoms with Gasteiger partial charge in [0.25, 0.3) is 5.91 Å². The van der Waals surface area contributed by atoms with Gasteiger partial charge < -0.3 is 10.7 Å². The first kappa shape index (κ1) is 13.2. The number of carbonyl (C=O) groups excluding carboxylic acids is 1. The number of hydrogen-bond donors (Lipinski definition) is 2. The fourth-order valence-corrected chi connectivity index (χ4v) is 2.53. The van der Waals surface area contributed by atoms with Gasteiger partial charge in [-0.2, -0.15) is 5.26 Å². The summed E-state index contributed by atoms with van der Waals surface area (Å²) in [5, 5.41) is 10.3. The molecular weight excluding hydrogens is 286 g/mol. The number of nitriles is 1. The molecule has 2 aromatic carbocycles. The maximum absolute atomic E-state index is 11.7. The Labute approximate surface area is 125 Å². The minimum absolute atomic E-state index is 0.331. The van der Waals surface area contributed by atoms with E-state index in [1.807, 2.05) is 0 Å². The monoisotopic (exact) mass is 295 g/mol. The van der Waals surface area contributed by atoms with Crippen LogP contribution in [0.1, 0.15) is 16.1 Å². The molecule has 0 bridgehead atoms. The van der Waals surface area contributed by atoms with Gasteiger partial charge in [0.2, 0.25) is 0 Å². The summed E-state index contributed by atoms with van der Waals surface area (Å²) in [4.78, 5) is 14.7. The normalized spacial score (nSPS) is 10.5. The van der Waals surface area contributed by atoms with Crippen molar-refractivity contribution in [1.29, 1.82) is 5.26 Å². The molecule has 0 radical (unpaired) electrons. The average Bonchev–Trinajstić information content (AvgIpc) is 2.86. The molecule has 3 rings (SSSR count). The molecule has 0 aliphatic heterocycles. The molecule has 0 saturated heterocycles. The summed E-state index contributed by atoms with van der Waals surface area (Å²) in [7, 11) is 0. The lowest BCUT2D eigenvalue weighted by Gasteiger charge is -2.03. The summed E-state index contributed by atoms with van der Waals surface area (Å²) >= 11 is 6.04. The van der Waals surface area contributed by atoms with Gasteiger partial charge in [-0.05, 0) is 35.9 Å². The minimum Gasteiger partial charge on any atom is -0.364 e. The van der Waals surface area contributed by atoms with Crippen LogP contribution in [0.4, 0.5) is 0 Å². The number of halogens is 1. The van der Waals surface area contributed by atoms with Crippen molar-refractivity contribution >= 4 is 28.4 Å². The largest absolute Gasteiger partial charge is 0.364 e. The second-order valence-corrected chi connectivity index (χ2v) is 5.05. The van der Waals surface area contributed by atoms with Crippen molar-refractivity contribution in [1.82, 2.24) is 4.98 Å². The Kier molecular flexibility index (Phi) is 3.13. The number of amides is 1. The fraction of sp³-hybridized carbons (Fsp3) is 0. The quantitative estimate of drug-likeness (QED) is 0.759. The maximum Gasteiger partial charge on any atom is 0.265 e. The van der Waals surface area contributed by atoms with Gasteiger partial charge in [0.15, 0.2) is 0 Å². The standard InChI is InChI=1S/C16H10ClN3O/c17-11-5-6-13-12(7-11)14(15(20-13)16(19)21)10-3-1-9(8-18)2-4-10/h1-7,20H,(H2,19,21). The molecule has 0 aliphatic rings. The predicted octanol–water partition coefficient (Wildman–Crippen LogP) is 3.46. The van der Waals surface area contributed by atoms with E-state index in [1.165, 1.54) is 0 Å². The molecule has 102 valence electrons. The highest BCUT2D eigenvalue weighted by atomic mass is 35.5. The Morgan fingerprint density at radius 1 is 1.19 bits per heavy atom. The van der Waals surface area contributed by atoms with Crippen LogP contribution in [-0.4, -0.2) is 10.9 Å². The number of aromatic nitrogens is 1. The molecule has 0 fully saturated rings. The number of hydrogen-bond acceptors (Lipinski definition) is 2. The molecule has 1 amide bonds. The van der Waals surface area contributed by atoms with Crippen LogP contribution in [0.15, 0.2) is 42.5 Å². The number of rotatable bonds is 2. The summed E-state index contributed by atoms with van der Waals surface area (Å²) in [6, 6.07) is 14.4. The van der Waals surface area contributed by atoms with E-state index in [9.17, 15) is 4.79 Å². The molecule has 3 aromatic rings. The molecule has 1 heterocycles. The number of H-pyrrole nitrogens is 1. The predicted molar refractivity (Wildman–Crippen MR) is 82.0 cm³/mol. The van der Waals surface area contributed by atoms with E-state index in [0.717, 1.165) is 16.5 Å². The van der Waals surface area contributed by atoms with E-state index < -0.39 is 5.91 Å². The van der Waals surface area contributed by atoms with Crippen LogP contribution in [-0.2, 0) is 0 Å². The van der Waals surface area contributed by atoms with Crippen molar-refractivity contribution < 1.29 is 4.79 Å². The van der Waals surface area contributed by atoms with Gasteiger partial charge in [-0.3, -0.25) is 4.79 Å². The first-order valence-corrected chi connectivity index (χ1v) is 6.59. The smallest absolute Gasteiger partial charge is 0.265 e. The Morgan fingerprint density at radius 3 is 2.52 bits per heavy atom. The third-order valence-electron chi connectivity index (χ3n) is 3.31. The average molecular weight is 296 g/mol. The van der Waals surface area contributed by atoms with Crippen LogP contribution in [0, 0.1) is 11.3 Å². The topological polar surface area (TPSA) is 82.7 Å². The molecular formula is C16H10ClN3O.